The van der Waals surface area contributed by atoms with Crippen molar-refractivity contribution in [1.82, 2.24) is 4.98 Å². The molecule has 0 saturated carbocycles. The molecule has 1 heterocycles. The Morgan fingerprint density at radius 3 is 2.31 bits per heavy atom. The molecule has 1 aromatic rings. The molecule has 0 atom stereocenters. The van der Waals surface area contributed by atoms with E-state index in [-0.39, 0.29) is 0 Å². The lowest BCUT2D eigenvalue weighted by Crippen LogP contribution is -1.96. The zero-order valence-electron chi connectivity index (χ0n) is 8.66. The van der Waals surface area contributed by atoms with Crippen molar-refractivity contribution >= 4 is 0 Å². The van der Waals surface area contributed by atoms with Crippen molar-refractivity contribution in [3.8, 4) is 0 Å². The Bertz CT molecular complexity index is 181. The van der Waals surface area contributed by atoms with Crippen LogP contribution < -0.4 is 5.73 Å². The molecule has 0 amide bonds. The Morgan fingerprint density at radius 1 is 1.31 bits per heavy atom. The van der Waals surface area contributed by atoms with Gasteiger partial charge >= 0.3 is 0 Å². The van der Waals surface area contributed by atoms with Gasteiger partial charge in [0.25, 0.3) is 0 Å². The summed E-state index contributed by atoms with van der Waals surface area (Å²) in [5.74, 6) is 0. The topological polar surface area (TPSA) is 38.9 Å². The van der Waals surface area contributed by atoms with Crippen molar-refractivity contribution in [2.45, 2.75) is 33.1 Å². The third-order valence-corrected chi connectivity index (χ3v) is 1.62. The van der Waals surface area contributed by atoms with Crippen LogP contribution in [0, 0.1) is 6.92 Å². The van der Waals surface area contributed by atoms with Crippen LogP contribution in [0.15, 0.2) is 24.4 Å². The summed E-state index contributed by atoms with van der Waals surface area (Å²) in [5.41, 5.74) is 6.29. The van der Waals surface area contributed by atoms with Crippen molar-refractivity contribution in [2.75, 3.05) is 6.54 Å². The Morgan fingerprint density at radius 2 is 2.08 bits per heavy atom. The third-order valence-electron chi connectivity index (χ3n) is 1.62. The van der Waals surface area contributed by atoms with Gasteiger partial charge in [0.15, 0.2) is 0 Å². The van der Waals surface area contributed by atoms with Crippen LogP contribution in [0.5, 0.6) is 0 Å². The smallest absolute Gasteiger partial charge is 0.0372 e. The molecule has 2 N–H and O–H groups in total. The summed E-state index contributed by atoms with van der Waals surface area (Å²) in [6, 6.07) is 5.86. The molecule has 1 aromatic heterocycles. The second kappa shape index (κ2) is 9.20. The Labute approximate surface area is 81.2 Å². The predicted molar refractivity (Wildman–Crippen MR) is 57.6 cm³/mol. The van der Waals surface area contributed by atoms with Crippen LogP contribution in [0.3, 0.4) is 0 Å². The van der Waals surface area contributed by atoms with Crippen LogP contribution >= 0.6 is 0 Å². The summed E-state index contributed by atoms with van der Waals surface area (Å²) >= 11 is 0. The maximum atomic E-state index is 5.21. The van der Waals surface area contributed by atoms with E-state index in [1.165, 1.54) is 19.3 Å². The van der Waals surface area contributed by atoms with Gasteiger partial charge in [-0.05, 0) is 32.0 Å². The van der Waals surface area contributed by atoms with Crippen LogP contribution in [0.1, 0.15) is 31.9 Å². The average Bonchev–Trinajstić information content (AvgIpc) is 2.17. The largest absolute Gasteiger partial charge is 0.330 e. The zero-order chi connectivity index (χ0) is 9.94. The van der Waals surface area contributed by atoms with Gasteiger partial charge in [-0.25, -0.2) is 0 Å². The second-order valence-electron chi connectivity index (χ2n) is 2.97. The average molecular weight is 180 g/mol. The lowest BCUT2D eigenvalue weighted by molar-refractivity contribution is 0.727. The number of nitrogens with zero attached hydrogens (tertiary/aromatic N) is 1. The van der Waals surface area contributed by atoms with Gasteiger partial charge in [-0.15, -0.1) is 0 Å². The van der Waals surface area contributed by atoms with E-state index in [4.69, 9.17) is 5.73 Å². The molecular formula is C11H20N2. The van der Waals surface area contributed by atoms with Gasteiger partial charge in [0.05, 0.1) is 0 Å². The highest BCUT2D eigenvalue weighted by Crippen LogP contribution is 1.88. The minimum Gasteiger partial charge on any atom is -0.330 e. The van der Waals surface area contributed by atoms with Crippen molar-refractivity contribution in [3.63, 3.8) is 0 Å². The second-order valence-corrected chi connectivity index (χ2v) is 2.97. The summed E-state index contributed by atoms with van der Waals surface area (Å²) in [5, 5.41) is 0. The molecule has 1 rings (SSSR count). The molecule has 0 aromatic carbocycles. The van der Waals surface area contributed by atoms with Crippen molar-refractivity contribution in [3.05, 3.63) is 30.1 Å². The number of hydrogen-bond acceptors (Lipinski definition) is 2. The molecule has 0 unspecified atom stereocenters. The summed E-state index contributed by atoms with van der Waals surface area (Å²) in [6.45, 7) is 5.00. The van der Waals surface area contributed by atoms with Crippen LogP contribution in [-0.4, -0.2) is 11.5 Å². The zero-order valence-corrected chi connectivity index (χ0v) is 8.66. The summed E-state index contributed by atoms with van der Waals surface area (Å²) in [6.07, 6.45) is 5.54. The van der Waals surface area contributed by atoms with Crippen LogP contribution in [0.2, 0.25) is 0 Å². The summed E-state index contributed by atoms with van der Waals surface area (Å²) in [7, 11) is 0. The van der Waals surface area contributed by atoms with E-state index < -0.39 is 0 Å². The summed E-state index contributed by atoms with van der Waals surface area (Å²) < 4.78 is 0. The SMILES string of the molecule is CCCCCN.Cc1ccccn1. The van der Waals surface area contributed by atoms with E-state index in [9.17, 15) is 0 Å². The van der Waals surface area contributed by atoms with E-state index in [1.54, 1.807) is 6.20 Å². The third kappa shape index (κ3) is 9.02. The maximum absolute atomic E-state index is 5.21. The van der Waals surface area contributed by atoms with Gasteiger partial charge in [0, 0.05) is 11.9 Å². The molecule has 13 heavy (non-hydrogen) atoms. The number of pyridine rings is 1. The molecule has 0 fully saturated rings. The summed E-state index contributed by atoms with van der Waals surface area (Å²) in [4.78, 5) is 3.98. The molecule has 0 aliphatic rings. The number of aromatic nitrogens is 1. The fourth-order valence-electron chi connectivity index (χ4n) is 0.842. The number of unbranched alkanes of at least 4 members (excludes halogenated alkanes) is 2. The van der Waals surface area contributed by atoms with Gasteiger partial charge in [0.2, 0.25) is 0 Å². The quantitative estimate of drug-likeness (QED) is 0.726. The van der Waals surface area contributed by atoms with Crippen LogP contribution in [0.25, 0.3) is 0 Å². The molecule has 74 valence electrons. The first-order valence-corrected chi connectivity index (χ1v) is 4.89. The molecule has 0 aliphatic heterocycles. The normalized spacial score (nSPS) is 8.85. The molecule has 0 spiro atoms. The Kier molecular flexibility index (Phi) is 8.57. The highest BCUT2D eigenvalue weighted by Gasteiger charge is 1.75. The lowest BCUT2D eigenvalue weighted by atomic mass is 10.3. The van der Waals surface area contributed by atoms with E-state index in [0.29, 0.717) is 0 Å². The first-order valence-electron chi connectivity index (χ1n) is 4.89. The van der Waals surface area contributed by atoms with E-state index in [2.05, 4.69) is 11.9 Å². The number of rotatable bonds is 3. The number of nitrogens with two attached hydrogens (primary N) is 1. The molecule has 2 nitrogen and oxygen atoms in total. The number of hydrogen-bond donors (Lipinski definition) is 1. The van der Waals surface area contributed by atoms with Crippen molar-refractivity contribution in [1.29, 1.82) is 0 Å². The van der Waals surface area contributed by atoms with Gasteiger partial charge in [-0.2, -0.15) is 0 Å². The Balaban J connectivity index is 0.000000226. The van der Waals surface area contributed by atoms with Gasteiger partial charge in [0.1, 0.15) is 0 Å². The fourth-order valence-corrected chi connectivity index (χ4v) is 0.842. The van der Waals surface area contributed by atoms with Crippen LogP contribution in [-0.2, 0) is 0 Å². The van der Waals surface area contributed by atoms with Gasteiger partial charge in [-0.1, -0.05) is 25.8 Å². The van der Waals surface area contributed by atoms with Gasteiger partial charge < -0.3 is 5.73 Å². The van der Waals surface area contributed by atoms with E-state index in [1.807, 2.05) is 25.1 Å². The van der Waals surface area contributed by atoms with Crippen molar-refractivity contribution in [2.24, 2.45) is 5.73 Å². The monoisotopic (exact) mass is 180 g/mol. The molecule has 0 saturated heterocycles. The molecule has 0 aliphatic carbocycles. The first-order chi connectivity index (χ1) is 6.31. The standard InChI is InChI=1S/C6H7N.C5H13N/c1-6-4-2-3-5-7-6;1-2-3-4-5-6/h2-5H,1H3;2-6H2,1H3. The molecular weight excluding hydrogens is 160 g/mol. The highest BCUT2D eigenvalue weighted by atomic mass is 14.6. The fraction of sp³-hybridized carbons (Fsp3) is 0.545. The Hall–Kier alpha value is -0.890. The van der Waals surface area contributed by atoms with Crippen molar-refractivity contribution < 1.29 is 0 Å². The minimum absolute atomic E-state index is 0.855. The van der Waals surface area contributed by atoms with Crippen LogP contribution in [0.4, 0.5) is 0 Å². The predicted octanol–water partition coefficient (Wildman–Crippen LogP) is 2.53. The first kappa shape index (κ1) is 12.1. The molecule has 2 heteroatoms. The minimum atomic E-state index is 0.855. The highest BCUT2D eigenvalue weighted by molar-refractivity contribution is 4.99. The van der Waals surface area contributed by atoms with E-state index >= 15 is 0 Å². The lowest BCUT2D eigenvalue weighted by Gasteiger charge is -1.86. The number of aryl methyl sites for hydroxylation is 1. The molecule has 0 bridgehead atoms. The van der Waals surface area contributed by atoms with Gasteiger partial charge in [-0.3, -0.25) is 4.98 Å². The van der Waals surface area contributed by atoms with E-state index in [0.717, 1.165) is 12.2 Å². The molecule has 0 radical (unpaired) electrons. The maximum Gasteiger partial charge on any atom is 0.0372 e.